The molecule has 0 radical (unpaired) electrons. The van der Waals surface area contributed by atoms with Gasteiger partial charge in [-0.25, -0.2) is 0 Å². The number of benzene rings is 3. The Labute approximate surface area is 171 Å². The van der Waals surface area contributed by atoms with Gasteiger partial charge in [0.2, 0.25) is 5.91 Å². The molecule has 0 heterocycles. The molecule has 0 saturated heterocycles. The number of hydrogen-bond acceptors (Lipinski definition) is 2. The number of hydrogen-bond donors (Lipinski definition) is 2. The van der Waals surface area contributed by atoms with Gasteiger partial charge in [-0.1, -0.05) is 66.7 Å². The standard InChI is InChI=1S/C25H24N2O2/c28-24(27-23-12-6-10-20-9-4-5-11-22(20)23)17-26-25(29)21-15-13-19(14-16-21)18-7-2-1-3-8-18/h1-5,7-9,11,13-16,23H,6,10,12,17H2,(H,26,29)(H,27,28). The highest BCUT2D eigenvalue weighted by atomic mass is 16.2. The van der Waals surface area contributed by atoms with Gasteiger partial charge in [-0.3, -0.25) is 9.59 Å². The van der Waals surface area contributed by atoms with Crippen LogP contribution in [0.4, 0.5) is 0 Å². The molecular weight excluding hydrogens is 360 g/mol. The fraction of sp³-hybridized carbons (Fsp3) is 0.200. The van der Waals surface area contributed by atoms with Gasteiger partial charge >= 0.3 is 0 Å². The highest BCUT2D eigenvalue weighted by Gasteiger charge is 2.21. The summed E-state index contributed by atoms with van der Waals surface area (Å²) in [4.78, 5) is 24.8. The van der Waals surface area contributed by atoms with Crippen molar-refractivity contribution in [3.8, 4) is 11.1 Å². The monoisotopic (exact) mass is 384 g/mol. The van der Waals surface area contributed by atoms with Crippen LogP contribution in [0.3, 0.4) is 0 Å². The summed E-state index contributed by atoms with van der Waals surface area (Å²) in [5.41, 5.74) is 5.18. The molecule has 3 aromatic carbocycles. The third-order valence-electron chi connectivity index (χ3n) is 5.37. The molecule has 0 saturated carbocycles. The zero-order chi connectivity index (χ0) is 20.1. The number of carbonyl (C=O) groups is 2. The molecule has 146 valence electrons. The van der Waals surface area contributed by atoms with Crippen molar-refractivity contribution < 1.29 is 9.59 Å². The van der Waals surface area contributed by atoms with Gasteiger partial charge in [0.1, 0.15) is 0 Å². The van der Waals surface area contributed by atoms with Crippen LogP contribution < -0.4 is 10.6 Å². The van der Waals surface area contributed by atoms with Crippen molar-refractivity contribution in [2.24, 2.45) is 0 Å². The maximum Gasteiger partial charge on any atom is 0.251 e. The van der Waals surface area contributed by atoms with Gasteiger partial charge in [0, 0.05) is 5.56 Å². The predicted molar refractivity (Wildman–Crippen MR) is 114 cm³/mol. The summed E-state index contributed by atoms with van der Waals surface area (Å²) in [5, 5.41) is 5.78. The molecule has 1 aliphatic rings. The molecule has 4 heteroatoms. The minimum atomic E-state index is -0.246. The van der Waals surface area contributed by atoms with E-state index in [2.05, 4.69) is 22.8 Å². The Balaban J connectivity index is 1.32. The second-order valence-corrected chi connectivity index (χ2v) is 7.34. The lowest BCUT2D eigenvalue weighted by molar-refractivity contribution is -0.121. The maximum atomic E-state index is 12.4. The lowest BCUT2D eigenvalue weighted by Crippen LogP contribution is -2.39. The van der Waals surface area contributed by atoms with Crippen LogP contribution in [0.2, 0.25) is 0 Å². The molecule has 0 fully saturated rings. The first-order valence-corrected chi connectivity index (χ1v) is 10.0. The molecule has 4 nitrogen and oxygen atoms in total. The fourth-order valence-electron chi connectivity index (χ4n) is 3.86. The van der Waals surface area contributed by atoms with E-state index < -0.39 is 0 Å². The highest BCUT2D eigenvalue weighted by Crippen LogP contribution is 2.29. The lowest BCUT2D eigenvalue weighted by atomic mass is 9.88. The molecule has 29 heavy (non-hydrogen) atoms. The molecule has 1 unspecified atom stereocenters. The minimum Gasteiger partial charge on any atom is -0.348 e. The van der Waals surface area contributed by atoms with Crippen LogP contribution in [-0.2, 0) is 11.2 Å². The molecule has 0 spiro atoms. The van der Waals surface area contributed by atoms with Crippen molar-refractivity contribution in [3.63, 3.8) is 0 Å². The second kappa shape index (κ2) is 8.74. The van der Waals surface area contributed by atoms with Crippen molar-refractivity contribution in [2.45, 2.75) is 25.3 Å². The molecule has 0 aliphatic heterocycles. The molecule has 2 N–H and O–H groups in total. The van der Waals surface area contributed by atoms with Gasteiger partial charge in [-0.05, 0) is 53.6 Å². The van der Waals surface area contributed by atoms with E-state index in [-0.39, 0.29) is 24.4 Å². The third kappa shape index (κ3) is 4.54. The molecule has 3 aromatic rings. The number of rotatable bonds is 5. The van der Waals surface area contributed by atoms with Crippen LogP contribution >= 0.6 is 0 Å². The van der Waals surface area contributed by atoms with Gasteiger partial charge in [0.05, 0.1) is 12.6 Å². The summed E-state index contributed by atoms with van der Waals surface area (Å²) in [6, 6.07) is 25.7. The molecule has 0 bridgehead atoms. The number of amides is 2. The molecule has 0 aromatic heterocycles. The number of fused-ring (bicyclic) bond motifs is 1. The normalized spacial score (nSPS) is 15.2. The summed E-state index contributed by atoms with van der Waals surface area (Å²) in [7, 11) is 0. The van der Waals surface area contributed by atoms with Crippen molar-refractivity contribution in [2.75, 3.05) is 6.54 Å². The van der Waals surface area contributed by atoms with Crippen molar-refractivity contribution in [1.29, 1.82) is 0 Å². The molecule has 1 aliphatic carbocycles. The second-order valence-electron chi connectivity index (χ2n) is 7.34. The van der Waals surface area contributed by atoms with Gasteiger partial charge in [-0.2, -0.15) is 0 Å². The van der Waals surface area contributed by atoms with E-state index in [1.165, 1.54) is 11.1 Å². The zero-order valence-corrected chi connectivity index (χ0v) is 16.2. The van der Waals surface area contributed by atoms with E-state index in [4.69, 9.17) is 0 Å². The summed E-state index contributed by atoms with van der Waals surface area (Å²) >= 11 is 0. The van der Waals surface area contributed by atoms with Gasteiger partial charge in [0.25, 0.3) is 5.91 Å². The Morgan fingerprint density at radius 1 is 0.828 bits per heavy atom. The zero-order valence-electron chi connectivity index (χ0n) is 16.2. The van der Waals surface area contributed by atoms with E-state index in [1.54, 1.807) is 12.1 Å². The van der Waals surface area contributed by atoms with Crippen LogP contribution in [0.5, 0.6) is 0 Å². The SMILES string of the molecule is O=C(CNC(=O)c1ccc(-c2ccccc2)cc1)NC1CCCc2ccccc21. The minimum absolute atomic E-state index is 0.0227. The fourth-order valence-corrected chi connectivity index (χ4v) is 3.86. The van der Waals surface area contributed by atoms with Crippen LogP contribution in [0.15, 0.2) is 78.9 Å². The van der Waals surface area contributed by atoms with E-state index in [9.17, 15) is 9.59 Å². The smallest absolute Gasteiger partial charge is 0.251 e. The van der Waals surface area contributed by atoms with Crippen molar-refractivity contribution >= 4 is 11.8 Å². The van der Waals surface area contributed by atoms with Gasteiger partial charge in [-0.15, -0.1) is 0 Å². The van der Waals surface area contributed by atoms with Crippen molar-refractivity contribution in [3.05, 3.63) is 95.6 Å². The first-order chi connectivity index (χ1) is 14.2. The first-order valence-electron chi connectivity index (χ1n) is 10.0. The highest BCUT2D eigenvalue weighted by molar-refractivity contribution is 5.96. The third-order valence-corrected chi connectivity index (χ3v) is 5.37. The number of nitrogens with one attached hydrogen (secondary N) is 2. The first kappa shape index (κ1) is 18.9. The van der Waals surface area contributed by atoms with Gasteiger partial charge in [0.15, 0.2) is 0 Å². The molecule has 1 atom stereocenters. The molecule has 4 rings (SSSR count). The Hall–Kier alpha value is -3.40. The largest absolute Gasteiger partial charge is 0.348 e. The van der Waals surface area contributed by atoms with Crippen LogP contribution in [0.25, 0.3) is 11.1 Å². The van der Waals surface area contributed by atoms with Gasteiger partial charge < -0.3 is 10.6 Å². The van der Waals surface area contributed by atoms with E-state index in [0.717, 1.165) is 30.4 Å². The lowest BCUT2D eigenvalue weighted by Gasteiger charge is -2.26. The number of carbonyl (C=O) groups excluding carboxylic acids is 2. The van der Waals surface area contributed by atoms with E-state index >= 15 is 0 Å². The average molecular weight is 384 g/mol. The van der Waals surface area contributed by atoms with Crippen molar-refractivity contribution in [1.82, 2.24) is 10.6 Å². The van der Waals surface area contributed by atoms with E-state index in [1.807, 2.05) is 54.6 Å². The number of aryl methyl sites for hydroxylation is 1. The topological polar surface area (TPSA) is 58.2 Å². The molecule has 2 amide bonds. The predicted octanol–water partition coefficient (Wildman–Crippen LogP) is 4.28. The van der Waals surface area contributed by atoms with E-state index in [0.29, 0.717) is 5.56 Å². The Morgan fingerprint density at radius 2 is 1.52 bits per heavy atom. The Kier molecular flexibility index (Phi) is 5.71. The van der Waals surface area contributed by atoms with Crippen LogP contribution in [0, 0.1) is 0 Å². The summed E-state index contributed by atoms with van der Waals surface area (Å²) < 4.78 is 0. The average Bonchev–Trinajstić information content (AvgIpc) is 2.78. The Bertz CT molecular complexity index is 997. The van der Waals surface area contributed by atoms with Crippen LogP contribution in [0.1, 0.15) is 40.4 Å². The summed E-state index contributed by atoms with van der Waals surface area (Å²) in [5.74, 6) is -0.412. The maximum absolute atomic E-state index is 12.4. The quantitative estimate of drug-likeness (QED) is 0.690. The summed E-state index contributed by atoms with van der Waals surface area (Å²) in [6.45, 7) is -0.0298. The summed E-state index contributed by atoms with van der Waals surface area (Å²) in [6.07, 6.45) is 3.04. The Morgan fingerprint density at radius 3 is 2.31 bits per heavy atom. The molecular formula is C25H24N2O2. The van der Waals surface area contributed by atoms with Crippen LogP contribution in [-0.4, -0.2) is 18.4 Å².